The van der Waals surface area contributed by atoms with Crippen molar-refractivity contribution in [1.29, 1.82) is 0 Å². The number of aryl methyl sites for hydroxylation is 1. The number of carbonyl (C=O) groups is 1. The van der Waals surface area contributed by atoms with Gasteiger partial charge in [0.2, 0.25) is 0 Å². The SMILES string of the molecule is COCCN(CCO)S(=O)(=O)c1cc(C)c(C(=O)O)s1. The van der Waals surface area contributed by atoms with E-state index in [1.807, 2.05) is 0 Å². The van der Waals surface area contributed by atoms with Gasteiger partial charge < -0.3 is 14.9 Å². The molecule has 0 aliphatic carbocycles. The number of nitrogens with zero attached hydrogens (tertiary/aromatic N) is 1. The number of aliphatic hydroxyl groups excluding tert-OH is 1. The van der Waals surface area contributed by atoms with E-state index in [1.54, 1.807) is 6.92 Å². The van der Waals surface area contributed by atoms with Crippen LogP contribution < -0.4 is 0 Å². The number of thiophene rings is 1. The molecule has 20 heavy (non-hydrogen) atoms. The van der Waals surface area contributed by atoms with Crippen LogP contribution in [-0.2, 0) is 14.8 Å². The first-order chi connectivity index (χ1) is 9.34. The number of sulfonamides is 1. The number of rotatable bonds is 8. The average molecular weight is 323 g/mol. The minimum Gasteiger partial charge on any atom is -0.477 e. The summed E-state index contributed by atoms with van der Waals surface area (Å²) in [6, 6.07) is 1.33. The van der Waals surface area contributed by atoms with Gasteiger partial charge >= 0.3 is 5.97 Å². The Balaban J connectivity index is 3.12. The van der Waals surface area contributed by atoms with Gasteiger partial charge in [0.25, 0.3) is 10.0 Å². The number of aliphatic hydroxyl groups is 1. The first-order valence-electron chi connectivity index (χ1n) is 5.78. The molecular formula is C11H17NO6S2. The maximum Gasteiger partial charge on any atom is 0.346 e. The Morgan fingerprint density at radius 3 is 2.55 bits per heavy atom. The Morgan fingerprint density at radius 1 is 1.45 bits per heavy atom. The molecule has 0 unspecified atom stereocenters. The fraction of sp³-hybridized carbons (Fsp3) is 0.545. The van der Waals surface area contributed by atoms with Crippen LogP contribution in [0, 0.1) is 6.92 Å². The molecule has 0 bridgehead atoms. The van der Waals surface area contributed by atoms with E-state index < -0.39 is 16.0 Å². The third kappa shape index (κ3) is 3.76. The minimum atomic E-state index is -3.82. The molecular weight excluding hydrogens is 306 g/mol. The lowest BCUT2D eigenvalue weighted by atomic mass is 10.3. The summed E-state index contributed by atoms with van der Waals surface area (Å²) in [7, 11) is -2.38. The second kappa shape index (κ2) is 7.14. The topological polar surface area (TPSA) is 104 Å². The second-order valence-electron chi connectivity index (χ2n) is 4.00. The van der Waals surface area contributed by atoms with Crippen LogP contribution in [-0.4, -0.2) is 62.3 Å². The van der Waals surface area contributed by atoms with Gasteiger partial charge in [0.15, 0.2) is 0 Å². The fourth-order valence-corrected chi connectivity index (χ4v) is 4.53. The molecule has 0 aliphatic rings. The normalized spacial score (nSPS) is 12.0. The molecule has 0 aromatic carbocycles. The molecule has 1 aromatic heterocycles. The van der Waals surface area contributed by atoms with E-state index in [1.165, 1.54) is 13.2 Å². The summed E-state index contributed by atoms with van der Waals surface area (Å²) >= 11 is 0.711. The Hall–Kier alpha value is -1.00. The summed E-state index contributed by atoms with van der Waals surface area (Å²) in [6.07, 6.45) is 0. The van der Waals surface area contributed by atoms with E-state index in [9.17, 15) is 13.2 Å². The van der Waals surface area contributed by atoms with Crippen molar-refractivity contribution in [2.45, 2.75) is 11.1 Å². The quantitative estimate of drug-likeness (QED) is 0.717. The molecule has 0 fully saturated rings. The van der Waals surface area contributed by atoms with Crippen molar-refractivity contribution in [3.05, 3.63) is 16.5 Å². The maximum absolute atomic E-state index is 12.4. The van der Waals surface area contributed by atoms with Crippen LogP contribution in [0.3, 0.4) is 0 Å². The fourth-order valence-electron chi connectivity index (χ4n) is 1.58. The lowest BCUT2D eigenvalue weighted by Crippen LogP contribution is -2.35. The number of methoxy groups -OCH3 is 1. The van der Waals surface area contributed by atoms with Gasteiger partial charge in [0.05, 0.1) is 13.2 Å². The van der Waals surface area contributed by atoms with Gasteiger partial charge in [-0.2, -0.15) is 4.31 Å². The van der Waals surface area contributed by atoms with E-state index in [-0.39, 0.29) is 35.4 Å². The summed E-state index contributed by atoms with van der Waals surface area (Å²) in [4.78, 5) is 11.0. The highest BCUT2D eigenvalue weighted by Gasteiger charge is 2.27. The van der Waals surface area contributed by atoms with Gasteiger partial charge in [-0.3, -0.25) is 0 Å². The second-order valence-corrected chi connectivity index (χ2v) is 7.22. The maximum atomic E-state index is 12.4. The van der Waals surface area contributed by atoms with Crippen molar-refractivity contribution >= 4 is 27.3 Å². The minimum absolute atomic E-state index is 0.000681. The van der Waals surface area contributed by atoms with Crippen LogP contribution in [0.15, 0.2) is 10.3 Å². The molecule has 1 heterocycles. The molecule has 0 radical (unpaired) electrons. The number of hydrogen-bond donors (Lipinski definition) is 2. The van der Waals surface area contributed by atoms with E-state index in [4.69, 9.17) is 14.9 Å². The van der Waals surface area contributed by atoms with Crippen LogP contribution >= 0.6 is 11.3 Å². The largest absolute Gasteiger partial charge is 0.477 e. The highest BCUT2D eigenvalue weighted by Crippen LogP contribution is 2.28. The summed E-state index contributed by atoms with van der Waals surface area (Å²) in [6.45, 7) is 1.45. The van der Waals surface area contributed by atoms with Crippen LogP contribution in [0.4, 0.5) is 0 Å². The molecule has 1 aromatic rings. The van der Waals surface area contributed by atoms with Crippen LogP contribution in [0.25, 0.3) is 0 Å². The molecule has 9 heteroatoms. The average Bonchev–Trinajstić information content (AvgIpc) is 2.77. The Kier molecular flexibility index (Phi) is 6.08. The number of aromatic carboxylic acids is 1. The van der Waals surface area contributed by atoms with Gasteiger partial charge in [-0.05, 0) is 18.6 Å². The molecule has 2 N–H and O–H groups in total. The van der Waals surface area contributed by atoms with E-state index in [0.29, 0.717) is 16.9 Å². The summed E-state index contributed by atoms with van der Waals surface area (Å²) in [5.41, 5.74) is 0.400. The smallest absolute Gasteiger partial charge is 0.346 e. The third-order valence-corrected chi connectivity index (χ3v) is 6.15. The van der Waals surface area contributed by atoms with Crippen molar-refractivity contribution in [3.8, 4) is 0 Å². The first kappa shape index (κ1) is 17.1. The van der Waals surface area contributed by atoms with Gasteiger partial charge in [0.1, 0.15) is 9.09 Å². The lowest BCUT2D eigenvalue weighted by molar-refractivity contribution is 0.0701. The molecule has 0 saturated heterocycles. The van der Waals surface area contributed by atoms with E-state index in [2.05, 4.69) is 0 Å². The van der Waals surface area contributed by atoms with Crippen LogP contribution in [0.1, 0.15) is 15.2 Å². The predicted octanol–water partition coefficient (Wildman–Crippen LogP) is 0.384. The standard InChI is InChI=1S/C11H17NO6S2/c1-8-7-9(19-10(8)11(14)15)20(16,17)12(3-5-13)4-6-18-2/h7,13H,3-6H2,1-2H3,(H,14,15). The highest BCUT2D eigenvalue weighted by atomic mass is 32.2. The van der Waals surface area contributed by atoms with Gasteiger partial charge in [0, 0.05) is 20.2 Å². The number of ether oxygens (including phenoxy) is 1. The molecule has 114 valence electrons. The van der Waals surface area contributed by atoms with Crippen molar-refractivity contribution < 1.29 is 28.2 Å². The van der Waals surface area contributed by atoms with Crippen molar-refractivity contribution in [2.75, 3.05) is 33.4 Å². The zero-order valence-electron chi connectivity index (χ0n) is 11.2. The van der Waals surface area contributed by atoms with Crippen molar-refractivity contribution in [1.82, 2.24) is 4.31 Å². The first-order valence-corrected chi connectivity index (χ1v) is 8.04. The van der Waals surface area contributed by atoms with Crippen molar-refractivity contribution in [2.24, 2.45) is 0 Å². The molecule has 0 amide bonds. The highest BCUT2D eigenvalue weighted by molar-refractivity contribution is 7.91. The molecule has 0 spiro atoms. The Labute approximate surface area is 121 Å². The molecule has 7 nitrogen and oxygen atoms in total. The summed E-state index contributed by atoms with van der Waals surface area (Å²) in [5.74, 6) is -1.15. The molecule has 0 aliphatic heterocycles. The monoisotopic (exact) mass is 323 g/mol. The lowest BCUT2D eigenvalue weighted by Gasteiger charge is -2.19. The summed E-state index contributed by atoms with van der Waals surface area (Å²) in [5, 5.41) is 17.9. The van der Waals surface area contributed by atoms with E-state index in [0.717, 1.165) is 4.31 Å². The zero-order chi connectivity index (χ0) is 15.3. The number of hydrogen-bond acceptors (Lipinski definition) is 6. The number of carboxylic acid groups (broad SMARTS) is 1. The van der Waals surface area contributed by atoms with Gasteiger partial charge in [-0.1, -0.05) is 0 Å². The summed E-state index contributed by atoms with van der Waals surface area (Å²) < 4.78 is 30.7. The Bertz CT molecular complexity index is 565. The van der Waals surface area contributed by atoms with Crippen LogP contribution in [0.2, 0.25) is 0 Å². The van der Waals surface area contributed by atoms with Gasteiger partial charge in [-0.25, -0.2) is 13.2 Å². The van der Waals surface area contributed by atoms with E-state index >= 15 is 0 Å². The molecule has 1 rings (SSSR count). The third-order valence-electron chi connectivity index (χ3n) is 2.58. The molecule has 0 atom stereocenters. The van der Waals surface area contributed by atoms with Crippen LogP contribution in [0.5, 0.6) is 0 Å². The van der Waals surface area contributed by atoms with Gasteiger partial charge in [-0.15, -0.1) is 11.3 Å². The Morgan fingerprint density at radius 2 is 2.10 bits per heavy atom. The molecule has 0 saturated carbocycles. The zero-order valence-corrected chi connectivity index (χ0v) is 12.8. The van der Waals surface area contributed by atoms with Crippen molar-refractivity contribution in [3.63, 3.8) is 0 Å². The predicted molar refractivity (Wildman–Crippen MR) is 73.7 cm³/mol. The number of carboxylic acids is 1.